The summed E-state index contributed by atoms with van der Waals surface area (Å²) in [7, 11) is 4.30. The van der Waals surface area contributed by atoms with E-state index >= 15 is 0 Å². The van der Waals surface area contributed by atoms with Crippen molar-refractivity contribution in [3.63, 3.8) is 0 Å². The predicted octanol–water partition coefficient (Wildman–Crippen LogP) is 5.16. The van der Waals surface area contributed by atoms with Gasteiger partial charge in [-0.15, -0.1) is 0 Å². The lowest BCUT2D eigenvalue weighted by Crippen LogP contribution is -2.18. The SMILES string of the molecule is COc1cc(C(=O)Nc2ccc(C(=O)N/N=C/c3cccc([N+](=O)[O-])c3OC(=O)/C=C/c3ccc([N+](=O)[O-])cc3)cc2)cc(OC)c1OC. The normalized spacial score (nSPS) is 10.8. The Morgan fingerprint density at radius 2 is 1.41 bits per heavy atom. The molecule has 16 heteroatoms. The monoisotopic (exact) mass is 669 g/mol. The maximum atomic E-state index is 12.9. The molecule has 0 bridgehead atoms. The average molecular weight is 670 g/mol. The van der Waals surface area contributed by atoms with E-state index < -0.39 is 39.1 Å². The van der Waals surface area contributed by atoms with Gasteiger partial charge in [-0.1, -0.05) is 6.07 Å². The highest BCUT2D eigenvalue weighted by Gasteiger charge is 2.21. The average Bonchev–Trinajstić information content (AvgIpc) is 3.10. The van der Waals surface area contributed by atoms with Crippen molar-refractivity contribution in [2.75, 3.05) is 26.6 Å². The van der Waals surface area contributed by atoms with Crippen molar-refractivity contribution >= 4 is 47.1 Å². The summed E-state index contributed by atoms with van der Waals surface area (Å²) < 4.78 is 21.1. The van der Waals surface area contributed by atoms with E-state index in [1.165, 1.54) is 100 Å². The van der Waals surface area contributed by atoms with Crippen molar-refractivity contribution in [2.24, 2.45) is 5.10 Å². The van der Waals surface area contributed by atoms with Crippen LogP contribution in [0.15, 0.2) is 90.0 Å². The molecule has 0 aliphatic carbocycles. The fourth-order valence-electron chi connectivity index (χ4n) is 4.25. The third-order valence-corrected chi connectivity index (χ3v) is 6.64. The number of nitrogens with one attached hydrogen (secondary N) is 2. The topological polar surface area (TPSA) is 211 Å². The molecule has 4 aromatic rings. The zero-order valence-corrected chi connectivity index (χ0v) is 26.1. The van der Waals surface area contributed by atoms with Crippen molar-refractivity contribution in [1.82, 2.24) is 5.43 Å². The van der Waals surface area contributed by atoms with E-state index in [-0.39, 0.29) is 22.4 Å². The van der Waals surface area contributed by atoms with Gasteiger partial charge in [0.05, 0.1) is 37.4 Å². The number of hydrazone groups is 1. The third-order valence-electron chi connectivity index (χ3n) is 6.64. The lowest BCUT2D eigenvalue weighted by Gasteiger charge is -2.14. The Kier molecular flexibility index (Phi) is 11.3. The van der Waals surface area contributed by atoms with Crippen LogP contribution in [0.4, 0.5) is 17.1 Å². The highest BCUT2D eigenvalue weighted by atomic mass is 16.6. The number of esters is 1. The van der Waals surface area contributed by atoms with Crippen molar-refractivity contribution in [2.45, 2.75) is 0 Å². The maximum Gasteiger partial charge on any atom is 0.336 e. The van der Waals surface area contributed by atoms with Gasteiger partial charge in [0.1, 0.15) is 0 Å². The van der Waals surface area contributed by atoms with Gasteiger partial charge >= 0.3 is 11.7 Å². The minimum absolute atomic E-state index is 0.0106. The molecule has 0 aromatic heterocycles. The van der Waals surface area contributed by atoms with Gasteiger partial charge in [0.25, 0.3) is 17.5 Å². The molecule has 0 atom stereocenters. The highest BCUT2D eigenvalue weighted by molar-refractivity contribution is 6.05. The van der Waals surface area contributed by atoms with Gasteiger partial charge in [0, 0.05) is 46.7 Å². The molecule has 0 fully saturated rings. The molecule has 0 radical (unpaired) electrons. The number of amides is 2. The van der Waals surface area contributed by atoms with Crippen LogP contribution in [0.25, 0.3) is 6.08 Å². The van der Waals surface area contributed by atoms with E-state index in [0.717, 1.165) is 18.4 Å². The van der Waals surface area contributed by atoms with Crippen molar-refractivity contribution in [3.05, 3.63) is 127 Å². The summed E-state index contributed by atoms with van der Waals surface area (Å²) in [6.45, 7) is 0. The molecule has 2 N–H and O–H groups in total. The van der Waals surface area contributed by atoms with Crippen LogP contribution in [-0.2, 0) is 4.79 Å². The number of non-ortho nitro benzene ring substituents is 1. The molecule has 250 valence electrons. The Hall–Kier alpha value is -7.10. The molecule has 16 nitrogen and oxygen atoms in total. The molecule has 0 unspecified atom stereocenters. The smallest absolute Gasteiger partial charge is 0.336 e. The summed E-state index contributed by atoms with van der Waals surface area (Å²) in [6, 6.07) is 18.0. The Bertz CT molecular complexity index is 1930. The standard InChI is InChI=1S/C33H27N5O11/c1-46-27-17-23(18-28(47-2)31(27)48-3)32(40)35-24-12-10-21(11-13-24)33(41)36-34-19-22-5-4-6-26(38(44)45)30(22)49-29(39)16-9-20-7-14-25(15-8-20)37(42)43/h4-19H,1-3H3,(H,35,40)(H,36,41)/b16-9+,34-19+. The Labute approximate surface area is 277 Å². The molecule has 0 saturated carbocycles. The van der Waals surface area contributed by atoms with Crippen LogP contribution >= 0.6 is 0 Å². The summed E-state index contributed by atoms with van der Waals surface area (Å²) in [5.41, 5.74) is 2.87. The summed E-state index contributed by atoms with van der Waals surface area (Å²) in [5, 5.41) is 29.0. The van der Waals surface area contributed by atoms with Gasteiger partial charge in [-0.05, 0) is 66.2 Å². The number of hydrogen-bond donors (Lipinski definition) is 2. The Morgan fingerprint density at radius 1 is 0.755 bits per heavy atom. The molecule has 0 spiro atoms. The number of ether oxygens (including phenoxy) is 4. The number of rotatable bonds is 13. The first-order valence-corrected chi connectivity index (χ1v) is 14.0. The molecular formula is C33H27N5O11. The van der Waals surface area contributed by atoms with E-state index in [4.69, 9.17) is 18.9 Å². The quantitative estimate of drug-likeness (QED) is 0.0474. The second-order valence-electron chi connectivity index (χ2n) is 9.70. The van der Waals surface area contributed by atoms with Crippen molar-refractivity contribution < 1.29 is 43.2 Å². The van der Waals surface area contributed by atoms with E-state index in [1.54, 1.807) is 0 Å². The van der Waals surface area contributed by atoms with Crippen LogP contribution in [0, 0.1) is 20.2 Å². The minimum atomic E-state index is -0.969. The molecule has 0 heterocycles. The summed E-state index contributed by atoms with van der Waals surface area (Å²) >= 11 is 0. The third kappa shape index (κ3) is 8.79. The second kappa shape index (κ2) is 15.9. The fourth-order valence-corrected chi connectivity index (χ4v) is 4.25. The van der Waals surface area contributed by atoms with E-state index in [1.807, 2.05) is 0 Å². The van der Waals surface area contributed by atoms with E-state index in [2.05, 4.69) is 15.8 Å². The van der Waals surface area contributed by atoms with Gasteiger partial charge in [-0.25, -0.2) is 10.2 Å². The van der Waals surface area contributed by atoms with Crippen LogP contribution in [-0.4, -0.2) is 55.2 Å². The number of hydrogen-bond acceptors (Lipinski definition) is 12. The fraction of sp³-hybridized carbons (Fsp3) is 0.0909. The molecular weight excluding hydrogens is 642 g/mol. The van der Waals surface area contributed by atoms with Crippen LogP contribution in [0.5, 0.6) is 23.0 Å². The highest BCUT2D eigenvalue weighted by Crippen LogP contribution is 2.38. The summed E-state index contributed by atoms with van der Waals surface area (Å²) in [6.07, 6.45) is 3.38. The zero-order valence-electron chi connectivity index (χ0n) is 26.1. The number of carbonyl (C=O) groups is 3. The van der Waals surface area contributed by atoms with Crippen LogP contribution in [0.1, 0.15) is 31.8 Å². The second-order valence-corrected chi connectivity index (χ2v) is 9.70. The molecule has 49 heavy (non-hydrogen) atoms. The number of para-hydroxylation sites is 1. The molecule has 0 saturated heterocycles. The van der Waals surface area contributed by atoms with Gasteiger partial charge in [0.15, 0.2) is 11.5 Å². The molecule has 0 aliphatic rings. The van der Waals surface area contributed by atoms with Crippen LogP contribution in [0.2, 0.25) is 0 Å². The van der Waals surface area contributed by atoms with E-state index in [9.17, 15) is 34.6 Å². The summed E-state index contributed by atoms with van der Waals surface area (Å²) in [5.74, 6) is -1.58. The first kappa shape index (κ1) is 34.8. The molecule has 2 amide bonds. The summed E-state index contributed by atoms with van der Waals surface area (Å²) in [4.78, 5) is 59.2. The maximum absolute atomic E-state index is 12.9. The van der Waals surface area contributed by atoms with Crippen molar-refractivity contribution in [1.29, 1.82) is 0 Å². The lowest BCUT2D eigenvalue weighted by molar-refractivity contribution is -0.385. The molecule has 4 rings (SSSR count). The molecule has 0 aliphatic heterocycles. The first-order chi connectivity index (χ1) is 23.5. The number of carbonyl (C=O) groups excluding carboxylic acids is 3. The number of methoxy groups -OCH3 is 3. The number of nitrogens with zero attached hydrogens (tertiary/aromatic N) is 3. The van der Waals surface area contributed by atoms with Gasteiger partial charge in [0.2, 0.25) is 11.5 Å². The number of nitro benzene ring substituents is 2. The Balaban J connectivity index is 1.42. The van der Waals surface area contributed by atoms with E-state index in [0.29, 0.717) is 28.5 Å². The minimum Gasteiger partial charge on any atom is -0.493 e. The number of nitro groups is 2. The van der Waals surface area contributed by atoms with Gasteiger partial charge < -0.3 is 24.3 Å². The van der Waals surface area contributed by atoms with Gasteiger partial charge in [-0.3, -0.25) is 29.8 Å². The first-order valence-electron chi connectivity index (χ1n) is 14.0. The van der Waals surface area contributed by atoms with Crippen LogP contribution in [0.3, 0.4) is 0 Å². The number of benzene rings is 4. The van der Waals surface area contributed by atoms with Crippen LogP contribution < -0.4 is 29.7 Å². The van der Waals surface area contributed by atoms with Gasteiger partial charge in [-0.2, -0.15) is 5.10 Å². The number of anilines is 1. The lowest BCUT2D eigenvalue weighted by atomic mass is 10.1. The Morgan fingerprint density at radius 3 is 1.98 bits per heavy atom. The zero-order chi connectivity index (χ0) is 35.5. The molecule has 4 aromatic carbocycles. The van der Waals surface area contributed by atoms with Crippen molar-refractivity contribution in [3.8, 4) is 23.0 Å². The predicted molar refractivity (Wildman–Crippen MR) is 176 cm³/mol. The largest absolute Gasteiger partial charge is 0.493 e.